The maximum Gasteiger partial charge on any atom is 0.254 e. The van der Waals surface area contributed by atoms with Gasteiger partial charge < -0.3 is 9.64 Å². The second-order valence-corrected chi connectivity index (χ2v) is 10.6. The Hall–Kier alpha value is -3.71. The third kappa shape index (κ3) is 5.87. The van der Waals surface area contributed by atoms with Crippen LogP contribution in [-0.2, 0) is 9.84 Å². The minimum Gasteiger partial charge on any atom is -0.493 e. The van der Waals surface area contributed by atoms with Gasteiger partial charge in [-0.1, -0.05) is 54.1 Å². The molecule has 3 aromatic carbocycles. The Morgan fingerprint density at radius 2 is 1.71 bits per heavy atom. The maximum atomic E-state index is 13.4. The highest BCUT2D eigenvalue weighted by Crippen LogP contribution is 2.26. The molecule has 0 saturated carbocycles. The summed E-state index contributed by atoms with van der Waals surface area (Å²) >= 11 is 0. The normalized spacial score (nSPS) is 11.4. The van der Waals surface area contributed by atoms with E-state index in [9.17, 15) is 13.2 Å². The minimum atomic E-state index is -3.29. The monoisotopic (exact) mass is 488 g/mol. The average molecular weight is 489 g/mol. The van der Waals surface area contributed by atoms with Crippen LogP contribution in [0.5, 0.6) is 5.75 Å². The number of amides is 1. The van der Waals surface area contributed by atoms with Gasteiger partial charge in [-0.15, -0.1) is 0 Å². The van der Waals surface area contributed by atoms with E-state index >= 15 is 0 Å². The van der Waals surface area contributed by atoms with Gasteiger partial charge >= 0.3 is 0 Å². The van der Waals surface area contributed by atoms with Crippen LogP contribution in [0.4, 0.5) is 0 Å². The van der Waals surface area contributed by atoms with Crippen LogP contribution in [-0.4, -0.2) is 50.7 Å². The van der Waals surface area contributed by atoms with Crippen LogP contribution in [0.3, 0.4) is 0 Å². The third-order valence-electron chi connectivity index (χ3n) is 5.78. The molecule has 0 aliphatic rings. The molecule has 1 amide bonds. The predicted octanol–water partition coefficient (Wildman–Crippen LogP) is 5.15. The molecular formula is C28H28N2O4S. The standard InChI is InChI=1S/C28H28N2O4S/c1-20-12-14-21(15-13-20)27-19-25(24-10-4-5-11-26(24)29-27)28(31)30(2)16-7-17-34-22-8-6-9-23(18-22)35(3,32)33/h4-6,8-15,18-19H,7,16-17H2,1-3H3. The largest absolute Gasteiger partial charge is 0.493 e. The number of benzene rings is 3. The molecule has 0 N–H and O–H groups in total. The van der Waals surface area contributed by atoms with Crippen molar-refractivity contribution >= 4 is 26.6 Å². The van der Waals surface area contributed by atoms with Gasteiger partial charge in [0.25, 0.3) is 5.91 Å². The number of carbonyl (C=O) groups excluding carboxylic acids is 1. The summed E-state index contributed by atoms with van der Waals surface area (Å²) < 4.78 is 29.2. The lowest BCUT2D eigenvalue weighted by Crippen LogP contribution is -2.29. The number of hydrogen-bond donors (Lipinski definition) is 0. The molecule has 35 heavy (non-hydrogen) atoms. The number of carbonyl (C=O) groups is 1. The summed E-state index contributed by atoms with van der Waals surface area (Å²) in [6, 6.07) is 24.0. The minimum absolute atomic E-state index is 0.0870. The molecule has 4 aromatic rings. The fourth-order valence-corrected chi connectivity index (χ4v) is 4.47. The first kappa shape index (κ1) is 24.4. The summed E-state index contributed by atoms with van der Waals surface area (Å²) in [4.78, 5) is 20.1. The van der Waals surface area contributed by atoms with Crippen molar-refractivity contribution < 1.29 is 17.9 Å². The number of rotatable bonds is 8. The molecule has 1 aromatic heterocycles. The van der Waals surface area contributed by atoms with Crippen molar-refractivity contribution in [3.8, 4) is 17.0 Å². The van der Waals surface area contributed by atoms with Gasteiger partial charge in [-0.25, -0.2) is 13.4 Å². The summed E-state index contributed by atoms with van der Waals surface area (Å²) in [5, 5.41) is 0.814. The zero-order valence-corrected chi connectivity index (χ0v) is 20.9. The number of nitrogens with zero attached hydrogens (tertiary/aromatic N) is 2. The molecule has 1 heterocycles. The molecular weight excluding hydrogens is 460 g/mol. The van der Waals surface area contributed by atoms with E-state index in [0.29, 0.717) is 30.9 Å². The van der Waals surface area contributed by atoms with E-state index in [1.54, 1.807) is 30.1 Å². The van der Waals surface area contributed by atoms with Gasteiger partial charge in [0.2, 0.25) is 0 Å². The Kier molecular flexibility index (Phi) is 7.17. The quantitative estimate of drug-likeness (QED) is 0.321. The molecule has 0 fully saturated rings. The van der Waals surface area contributed by atoms with Gasteiger partial charge in [0, 0.05) is 30.8 Å². The summed E-state index contributed by atoms with van der Waals surface area (Å²) in [7, 11) is -1.52. The Morgan fingerprint density at radius 1 is 0.971 bits per heavy atom. The fourth-order valence-electron chi connectivity index (χ4n) is 3.82. The Morgan fingerprint density at radius 3 is 2.46 bits per heavy atom. The van der Waals surface area contributed by atoms with Gasteiger partial charge in [-0.2, -0.15) is 0 Å². The number of para-hydroxylation sites is 1. The van der Waals surface area contributed by atoms with E-state index in [-0.39, 0.29) is 10.8 Å². The maximum absolute atomic E-state index is 13.4. The van der Waals surface area contributed by atoms with Crippen LogP contribution >= 0.6 is 0 Å². The first-order chi connectivity index (χ1) is 16.7. The molecule has 0 saturated heterocycles. The van der Waals surface area contributed by atoms with Crippen LogP contribution < -0.4 is 4.74 Å². The zero-order chi connectivity index (χ0) is 25.0. The molecule has 6 nitrogen and oxygen atoms in total. The number of ether oxygens (including phenoxy) is 1. The van der Waals surface area contributed by atoms with E-state index in [4.69, 9.17) is 9.72 Å². The van der Waals surface area contributed by atoms with Crippen molar-refractivity contribution in [2.24, 2.45) is 0 Å². The Bertz CT molecular complexity index is 1460. The van der Waals surface area contributed by atoms with E-state index < -0.39 is 9.84 Å². The molecule has 0 bridgehead atoms. The number of aromatic nitrogens is 1. The Balaban J connectivity index is 1.47. The van der Waals surface area contributed by atoms with Crippen molar-refractivity contribution in [2.45, 2.75) is 18.2 Å². The van der Waals surface area contributed by atoms with Gasteiger partial charge in [0.05, 0.1) is 28.3 Å². The molecule has 0 spiro atoms. The summed E-state index contributed by atoms with van der Waals surface area (Å²) in [5.74, 6) is 0.404. The summed E-state index contributed by atoms with van der Waals surface area (Å²) in [6.45, 7) is 2.88. The molecule has 0 aliphatic carbocycles. The molecule has 7 heteroatoms. The highest BCUT2D eigenvalue weighted by molar-refractivity contribution is 7.90. The van der Waals surface area contributed by atoms with E-state index in [2.05, 4.69) is 0 Å². The van der Waals surface area contributed by atoms with Gasteiger partial charge in [-0.05, 0) is 43.7 Å². The van der Waals surface area contributed by atoms with Crippen LogP contribution in [0.2, 0.25) is 0 Å². The van der Waals surface area contributed by atoms with E-state index in [0.717, 1.165) is 27.7 Å². The molecule has 4 rings (SSSR count). The third-order valence-corrected chi connectivity index (χ3v) is 6.89. The number of sulfone groups is 1. The molecule has 0 unspecified atom stereocenters. The van der Waals surface area contributed by atoms with Crippen LogP contribution in [0.25, 0.3) is 22.2 Å². The molecule has 0 atom stereocenters. The van der Waals surface area contributed by atoms with Crippen LogP contribution in [0.15, 0.2) is 83.8 Å². The first-order valence-electron chi connectivity index (χ1n) is 11.4. The second-order valence-electron chi connectivity index (χ2n) is 8.61. The lowest BCUT2D eigenvalue weighted by molar-refractivity contribution is 0.0789. The second kappa shape index (κ2) is 10.3. The van der Waals surface area contributed by atoms with Crippen molar-refractivity contribution in [1.82, 2.24) is 9.88 Å². The SMILES string of the molecule is Cc1ccc(-c2cc(C(=O)N(C)CCCOc3cccc(S(C)(=O)=O)c3)c3ccccc3n2)cc1. The number of pyridine rings is 1. The Labute approximate surface area is 206 Å². The lowest BCUT2D eigenvalue weighted by atomic mass is 10.0. The van der Waals surface area contributed by atoms with E-state index in [1.165, 1.54) is 12.3 Å². The number of fused-ring (bicyclic) bond motifs is 1. The van der Waals surface area contributed by atoms with Gasteiger partial charge in [-0.3, -0.25) is 4.79 Å². The van der Waals surface area contributed by atoms with Gasteiger partial charge in [0.1, 0.15) is 5.75 Å². The van der Waals surface area contributed by atoms with E-state index in [1.807, 2.05) is 61.5 Å². The van der Waals surface area contributed by atoms with Crippen LogP contribution in [0, 0.1) is 6.92 Å². The van der Waals surface area contributed by atoms with Gasteiger partial charge in [0.15, 0.2) is 9.84 Å². The summed E-state index contributed by atoms with van der Waals surface area (Å²) in [6.07, 6.45) is 1.76. The number of hydrogen-bond acceptors (Lipinski definition) is 5. The predicted molar refractivity (Wildman–Crippen MR) is 139 cm³/mol. The average Bonchev–Trinajstić information content (AvgIpc) is 2.85. The van der Waals surface area contributed by atoms with Crippen LogP contribution in [0.1, 0.15) is 22.3 Å². The fraction of sp³-hybridized carbons (Fsp3) is 0.214. The zero-order valence-electron chi connectivity index (χ0n) is 20.1. The highest BCUT2D eigenvalue weighted by Gasteiger charge is 2.17. The lowest BCUT2D eigenvalue weighted by Gasteiger charge is -2.19. The smallest absolute Gasteiger partial charge is 0.254 e. The highest BCUT2D eigenvalue weighted by atomic mass is 32.2. The molecule has 180 valence electrons. The molecule has 0 aliphatic heterocycles. The van der Waals surface area contributed by atoms with Crippen molar-refractivity contribution in [3.63, 3.8) is 0 Å². The number of aryl methyl sites for hydroxylation is 1. The van der Waals surface area contributed by atoms with Crippen molar-refractivity contribution in [1.29, 1.82) is 0 Å². The molecule has 0 radical (unpaired) electrons. The van der Waals surface area contributed by atoms with Crippen molar-refractivity contribution in [2.75, 3.05) is 26.5 Å². The summed E-state index contributed by atoms with van der Waals surface area (Å²) in [5.41, 5.74) is 4.26. The van der Waals surface area contributed by atoms with Crippen molar-refractivity contribution in [3.05, 3.63) is 90.0 Å². The topological polar surface area (TPSA) is 76.6 Å². The first-order valence-corrected chi connectivity index (χ1v) is 13.3.